The van der Waals surface area contributed by atoms with Crippen LogP contribution in [0.25, 0.3) is 11.0 Å². The number of nitrogens with zero attached hydrogens (tertiary/aromatic N) is 4. The molecule has 1 aliphatic heterocycles. The molecule has 30 heavy (non-hydrogen) atoms. The number of aromatic nitrogens is 2. The highest BCUT2D eigenvalue weighted by molar-refractivity contribution is 5.80. The number of fused-ring (bicyclic) bond motifs is 1. The van der Waals surface area contributed by atoms with E-state index < -0.39 is 0 Å². The number of anilines is 1. The third-order valence-electron chi connectivity index (χ3n) is 7.33. The maximum Gasteiger partial charge on any atom is 0.224 e. The predicted octanol–water partition coefficient (Wildman–Crippen LogP) is 5.23. The topological polar surface area (TPSA) is 41.4 Å². The predicted molar refractivity (Wildman–Crippen MR) is 124 cm³/mol. The minimum atomic E-state index is 0.304. The molecule has 1 aromatic carbocycles. The third kappa shape index (κ3) is 4.50. The quantitative estimate of drug-likeness (QED) is 0.627. The summed E-state index contributed by atoms with van der Waals surface area (Å²) in [5.41, 5.74) is 2.19. The molecule has 0 atom stereocenters. The van der Waals surface area contributed by atoms with Gasteiger partial charge in [0, 0.05) is 38.6 Å². The van der Waals surface area contributed by atoms with E-state index in [4.69, 9.17) is 4.98 Å². The van der Waals surface area contributed by atoms with Gasteiger partial charge in [-0.1, -0.05) is 44.7 Å². The minimum Gasteiger partial charge on any atom is -0.342 e. The lowest BCUT2D eigenvalue weighted by Crippen LogP contribution is -2.41. The van der Waals surface area contributed by atoms with Crippen molar-refractivity contribution in [3.63, 3.8) is 0 Å². The van der Waals surface area contributed by atoms with Crippen molar-refractivity contribution in [2.75, 3.05) is 24.5 Å². The van der Waals surface area contributed by atoms with E-state index in [9.17, 15) is 4.79 Å². The molecular weight excluding hydrogens is 372 g/mol. The molecule has 2 aromatic rings. The van der Waals surface area contributed by atoms with Crippen LogP contribution in [0.5, 0.6) is 0 Å². The first-order valence-corrected chi connectivity index (χ1v) is 12.2. The zero-order valence-corrected chi connectivity index (χ0v) is 18.9. The molecule has 4 rings (SSSR count). The Hall–Kier alpha value is -2.04. The van der Waals surface area contributed by atoms with Crippen LogP contribution in [0.3, 0.4) is 0 Å². The number of imidazole rings is 1. The highest BCUT2D eigenvalue weighted by Crippen LogP contribution is 2.29. The summed E-state index contributed by atoms with van der Waals surface area (Å²) >= 11 is 0. The Bertz CT molecular complexity index is 831. The maximum absolute atomic E-state index is 13.2. The monoisotopic (exact) mass is 410 g/mol. The summed E-state index contributed by atoms with van der Waals surface area (Å²) in [6.45, 7) is 8.10. The Labute approximate surface area is 181 Å². The molecule has 5 heteroatoms. The van der Waals surface area contributed by atoms with E-state index in [1.807, 2.05) is 0 Å². The first kappa shape index (κ1) is 21.2. The number of hydrogen-bond donors (Lipinski definition) is 0. The van der Waals surface area contributed by atoms with Crippen LogP contribution in [-0.4, -0.2) is 46.0 Å². The highest BCUT2D eigenvalue weighted by atomic mass is 16.2. The van der Waals surface area contributed by atoms with Crippen LogP contribution in [0, 0.1) is 5.92 Å². The standard InChI is InChI=1S/C25H38N4O/c1-3-20-14-17-27(18-15-20)25-26-22-12-8-9-13-23(22)29(25)19-16-24(30)28(4-2)21-10-6-5-7-11-21/h8-9,12-13,20-21H,3-7,10-11,14-19H2,1-2H3. The fourth-order valence-electron chi connectivity index (χ4n) is 5.45. The second-order valence-corrected chi connectivity index (χ2v) is 9.11. The smallest absolute Gasteiger partial charge is 0.224 e. The fourth-order valence-corrected chi connectivity index (χ4v) is 5.45. The Morgan fingerprint density at radius 1 is 1.07 bits per heavy atom. The number of piperidine rings is 1. The normalized spacial score (nSPS) is 18.8. The number of amides is 1. The van der Waals surface area contributed by atoms with Gasteiger partial charge in [-0.2, -0.15) is 0 Å². The number of carbonyl (C=O) groups excluding carboxylic acids is 1. The van der Waals surface area contributed by atoms with Gasteiger partial charge in [-0.25, -0.2) is 4.98 Å². The van der Waals surface area contributed by atoms with Crippen molar-refractivity contribution in [1.82, 2.24) is 14.5 Å². The fraction of sp³-hybridized carbons (Fsp3) is 0.680. The van der Waals surface area contributed by atoms with E-state index in [1.54, 1.807) is 0 Å². The molecule has 164 valence electrons. The van der Waals surface area contributed by atoms with Crippen LogP contribution in [-0.2, 0) is 11.3 Å². The lowest BCUT2D eigenvalue weighted by Gasteiger charge is -2.34. The van der Waals surface area contributed by atoms with Gasteiger partial charge in [0.1, 0.15) is 0 Å². The molecule has 1 aliphatic carbocycles. The maximum atomic E-state index is 13.2. The molecule has 1 saturated carbocycles. The second-order valence-electron chi connectivity index (χ2n) is 9.11. The molecule has 0 radical (unpaired) electrons. The van der Waals surface area contributed by atoms with Crippen LogP contribution in [0.4, 0.5) is 5.95 Å². The van der Waals surface area contributed by atoms with Gasteiger partial charge in [0.25, 0.3) is 0 Å². The Morgan fingerprint density at radius 3 is 2.50 bits per heavy atom. The first-order chi connectivity index (χ1) is 14.7. The summed E-state index contributed by atoms with van der Waals surface area (Å²) in [6.07, 6.45) is 10.5. The number of benzene rings is 1. The number of hydrogen-bond acceptors (Lipinski definition) is 3. The van der Waals surface area contributed by atoms with Gasteiger partial charge >= 0.3 is 0 Å². The number of aryl methyl sites for hydroxylation is 1. The molecule has 2 heterocycles. The molecule has 1 saturated heterocycles. The molecule has 0 unspecified atom stereocenters. The van der Waals surface area contributed by atoms with Crippen molar-refractivity contribution in [3.05, 3.63) is 24.3 Å². The average molecular weight is 411 g/mol. The van der Waals surface area contributed by atoms with Gasteiger partial charge in [-0.15, -0.1) is 0 Å². The Kier molecular flexibility index (Phi) is 6.96. The zero-order valence-electron chi connectivity index (χ0n) is 18.9. The molecule has 2 aliphatic rings. The lowest BCUT2D eigenvalue weighted by atomic mass is 9.94. The summed E-state index contributed by atoms with van der Waals surface area (Å²) in [5, 5.41) is 0. The van der Waals surface area contributed by atoms with E-state index in [1.165, 1.54) is 51.4 Å². The summed E-state index contributed by atoms with van der Waals surface area (Å²) in [4.78, 5) is 22.7. The van der Waals surface area contributed by atoms with Gasteiger partial charge in [0.2, 0.25) is 11.9 Å². The van der Waals surface area contributed by atoms with Crippen LogP contribution < -0.4 is 4.90 Å². The van der Waals surface area contributed by atoms with Crippen molar-refractivity contribution in [3.8, 4) is 0 Å². The van der Waals surface area contributed by atoms with Crippen molar-refractivity contribution >= 4 is 22.9 Å². The second kappa shape index (κ2) is 9.84. The first-order valence-electron chi connectivity index (χ1n) is 12.2. The van der Waals surface area contributed by atoms with Gasteiger partial charge in [-0.05, 0) is 50.7 Å². The molecule has 1 aromatic heterocycles. The van der Waals surface area contributed by atoms with Crippen molar-refractivity contribution < 1.29 is 4.79 Å². The SMILES string of the molecule is CCC1CCN(c2nc3ccccc3n2CCC(=O)N(CC)C2CCCCC2)CC1. The number of rotatable bonds is 7. The minimum absolute atomic E-state index is 0.304. The van der Waals surface area contributed by atoms with Crippen molar-refractivity contribution in [2.45, 2.75) is 84.2 Å². The molecule has 0 spiro atoms. The van der Waals surface area contributed by atoms with Crippen molar-refractivity contribution in [1.29, 1.82) is 0 Å². The summed E-state index contributed by atoms with van der Waals surface area (Å²) < 4.78 is 2.30. The third-order valence-corrected chi connectivity index (χ3v) is 7.33. The molecule has 2 fully saturated rings. The Morgan fingerprint density at radius 2 is 1.80 bits per heavy atom. The van der Waals surface area contributed by atoms with Gasteiger partial charge in [-0.3, -0.25) is 4.79 Å². The molecule has 0 N–H and O–H groups in total. The van der Waals surface area contributed by atoms with E-state index in [0.29, 0.717) is 24.9 Å². The van der Waals surface area contributed by atoms with Crippen LogP contribution >= 0.6 is 0 Å². The van der Waals surface area contributed by atoms with Gasteiger partial charge < -0.3 is 14.4 Å². The zero-order chi connectivity index (χ0) is 20.9. The van der Waals surface area contributed by atoms with E-state index >= 15 is 0 Å². The van der Waals surface area contributed by atoms with E-state index in [-0.39, 0.29) is 0 Å². The van der Waals surface area contributed by atoms with Crippen LogP contribution in [0.2, 0.25) is 0 Å². The summed E-state index contributed by atoms with van der Waals surface area (Å²) in [6, 6.07) is 8.82. The van der Waals surface area contributed by atoms with Gasteiger partial charge in [0.15, 0.2) is 0 Å². The molecule has 0 bridgehead atoms. The summed E-state index contributed by atoms with van der Waals surface area (Å²) in [5.74, 6) is 2.20. The van der Waals surface area contributed by atoms with Gasteiger partial charge in [0.05, 0.1) is 11.0 Å². The van der Waals surface area contributed by atoms with E-state index in [2.05, 4.69) is 52.5 Å². The number of carbonyl (C=O) groups is 1. The van der Waals surface area contributed by atoms with Crippen LogP contribution in [0.15, 0.2) is 24.3 Å². The molecular formula is C25H38N4O. The van der Waals surface area contributed by atoms with E-state index in [0.717, 1.165) is 42.5 Å². The van der Waals surface area contributed by atoms with Crippen molar-refractivity contribution in [2.24, 2.45) is 5.92 Å². The Balaban J connectivity index is 1.50. The highest BCUT2D eigenvalue weighted by Gasteiger charge is 2.26. The average Bonchev–Trinajstić information content (AvgIpc) is 3.17. The molecule has 5 nitrogen and oxygen atoms in total. The molecule has 1 amide bonds. The number of para-hydroxylation sites is 2. The largest absolute Gasteiger partial charge is 0.342 e. The summed E-state index contributed by atoms with van der Waals surface area (Å²) in [7, 11) is 0. The van der Waals surface area contributed by atoms with Crippen LogP contribution in [0.1, 0.15) is 71.6 Å². The lowest BCUT2D eigenvalue weighted by molar-refractivity contribution is -0.134.